The second-order valence-corrected chi connectivity index (χ2v) is 4.48. The van der Waals surface area contributed by atoms with Crippen LogP contribution in [0.1, 0.15) is 5.56 Å². The number of hydrogen-bond donors (Lipinski definition) is 2. The van der Waals surface area contributed by atoms with Crippen LogP contribution in [0, 0.1) is 0 Å². The lowest BCUT2D eigenvalue weighted by Gasteiger charge is -2.23. The molecule has 7 heteroatoms. The summed E-state index contributed by atoms with van der Waals surface area (Å²) in [7, 11) is 3.20. The van der Waals surface area contributed by atoms with Gasteiger partial charge < -0.3 is 24.8 Å². The van der Waals surface area contributed by atoms with E-state index in [9.17, 15) is 4.79 Å². The maximum atomic E-state index is 12.0. The van der Waals surface area contributed by atoms with Crippen LogP contribution in [0.15, 0.2) is 18.2 Å². The van der Waals surface area contributed by atoms with Crippen molar-refractivity contribution in [3.05, 3.63) is 23.8 Å². The number of benzene rings is 1. The average Bonchev–Trinajstić information content (AvgIpc) is 2.53. The highest BCUT2D eigenvalue weighted by molar-refractivity contribution is 5.85. The molecule has 2 rings (SSSR count). The highest BCUT2D eigenvalue weighted by atomic mass is 35.5. The topological polar surface area (TPSA) is 68.8 Å². The largest absolute Gasteiger partial charge is 0.497 e. The van der Waals surface area contributed by atoms with E-state index in [-0.39, 0.29) is 24.4 Å². The Labute approximate surface area is 130 Å². The van der Waals surface area contributed by atoms with E-state index in [1.165, 1.54) is 0 Å². The van der Waals surface area contributed by atoms with Gasteiger partial charge in [-0.15, -0.1) is 12.4 Å². The molecule has 1 amide bonds. The van der Waals surface area contributed by atoms with E-state index in [2.05, 4.69) is 10.6 Å². The predicted molar refractivity (Wildman–Crippen MR) is 81.3 cm³/mol. The Hall–Kier alpha value is -1.50. The third kappa shape index (κ3) is 4.77. The number of halogens is 1. The Morgan fingerprint density at radius 2 is 2.24 bits per heavy atom. The van der Waals surface area contributed by atoms with Crippen LogP contribution in [-0.2, 0) is 16.1 Å². The molecule has 1 heterocycles. The van der Waals surface area contributed by atoms with E-state index < -0.39 is 0 Å². The summed E-state index contributed by atoms with van der Waals surface area (Å²) in [5, 5.41) is 5.99. The minimum absolute atomic E-state index is 0. The summed E-state index contributed by atoms with van der Waals surface area (Å²) in [6.45, 7) is 2.16. The number of nitrogens with one attached hydrogen (secondary N) is 2. The molecule has 2 N–H and O–H groups in total. The molecule has 0 radical (unpaired) electrons. The Morgan fingerprint density at radius 3 is 2.86 bits per heavy atom. The first kappa shape index (κ1) is 17.6. The van der Waals surface area contributed by atoms with E-state index >= 15 is 0 Å². The van der Waals surface area contributed by atoms with Crippen molar-refractivity contribution in [1.82, 2.24) is 10.6 Å². The third-order valence-electron chi connectivity index (χ3n) is 3.19. The summed E-state index contributed by atoms with van der Waals surface area (Å²) in [5.74, 6) is 1.35. The van der Waals surface area contributed by atoms with Crippen molar-refractivity contribution < 1.29 is 19.0 Å². The molecule has 1 aromatic carbocycles. The normalized spacial score (nSPS) is 17.5. The van der Waals surface area contributed by atoms with Crippen molar-refractivity contribution >= 4 is 18.3 Å². The summed E-state index contributed by atoms with van der Waals surface area (Å²) >= 11 is 0. The van der Waals surface area contributed by atoms with Gasteiger partial charge >= 0.3 is 0 Å². The zero-order valence-corrected chi connectivity index (χ0v) is 13.0. The molecule has 1 aliphatic rings. The number of morpholine rings is 1. The monoisotopic (exact) mass is 316 g/mol. The molecular weight excluding hydrogens is 296 g/mol. The van der Waals surface area contributed by atoms with Gasteiger partial charge in [0.1, 0.15) is 17.5 Å². The fourth-order valence-electron chi connectivity index (χ4n) is 2.04. The molecule has 0 spiro atoms. The van der Waals surface area contributed by atoms with Crippen LogP contribution in [0.25, 0.3) is 0 Å². The number of carbonyl (C=O) groups is 1. The molecule has 1 aromatic rings. The number of amides is 1. The van der Waals surface area contributed by atoms with Gasteiger partial charge in [0.15, 0.2) is 0 Å². The van der Waals surface area contributed by atoms with E-state index in [0.717, 1.165) is 11.3 Å². The fraction of sp³-hybridized carbons (Fsp3) is 0.500. The lowest BCUT2D eigenvalue weighted by atomic mass is 10.1. The number of carbonyl (C=O) groups excluding carboxylic acids is 1. The third-order valence-corrected chi connectivity index (χ3v) is 3.19. The van der Waals surface area contributed by atoms with Crippen LogP contribution < -0.4 is 20.1 Å². The van der Waals surface area contributed by atoms with E-state index in [1.54, 1.807) is 20.3 Å². The van der Waals surface area contributed by atoms with Gasteiger partial charge in [0, 0.05) is 24.7 Å². The zero-order valence-electron chi connectivity index (χ0n) is 12.2. The lowest BCUT2D eigenvalue weighted by molar-refractivity contribution is -0.126. The number of rotatable bonds is 5. The average molecular weight is 317 g/mol. The molecule has 1 saturated heterocycles. The van der Waals surface area contributed by atoms with Crippen LogP contribution in [0.3, 0.4) is 0 Å². The number of methoxy groups -OCH3 is 2. The van der Waals surface area contributed by atoms with Crippen LogP contribution in [0.2, 0.25) is 0 Å². The molecule has 1 unspecified atom stereocenters. The van der Waals surface area contributed by atoms with Crippen molar-refractivity contribution in [3.63, 3.8) is 0 Å². The molecule has 1 fully saturated rings. The van der Waals surface area contributed by atoms with Gasteiger partial charge in [0.25, 0.3) is 0 Å². The van der Waals surface area contributed by atoms with Gasteiger partial charge in [-0.1, -0.05) is 0 Å². The van der Waals surface area contributed by atoms with Crippen molar-refractivity contribution in [2.75, 3.05) is 34.0 Å². The van der Waals surface area contributed by atoms with E-state index in [0.29, 0.717) is 32.1 Å². The van der Waals surface area contributed by atoms with Crippen molar-refractivity contribution in [3.8, 4) is 11.5 Å². The van der Waals surface area contributed by atoms with Crippen molar-refractivity contribution in [2.45, 2.75) is 12.6 Å². The minimum atomic E-state index is -0.284. The van der Waals surface area contributed by atoms with Gasteiger partial charge in [-0.05, 0) is 12.1 Å². The first-order chi connectivity index (χ1) is 9.74. The maximum Gasteiger partial charge on any atom is 0.239 e. The second kappa shape index (κ2) is 8.71. The number of hydrogen-bond acceptors (Lipinski definition) is 5. The minimum Gasteiger partial charge on any atom is -0.497 e. The lowest BCUT2D eigenvalue weighted by Crippen LogP contribution is -2.51. The molecule has 21 heavy (non-hydrogen) atoms. The Bertz CT molecular complexity index is 464. The van der Waals surface area contributed by atoms with Crippen LogP contribution >= 0.6 is 12.4 Å². The summed E-state index contributed by atoms with van der Waals surface area (Å²) in [4.78, 5) is 12.0. The molecule has 1 atom stereocenters. The van der Waals surface area contributed by atoms with E-state index in [4.69, 9.17) is 14.2 Å². The summed E-state index contributed by atoms with van der Waals surface area (Å²) in [5.41, 5.74) is 0.901. The molecule has 0 bridgehead atoms. The van der Waals surface area contributed by atoms with Gasteiger partial charge in [0.2, 0.25) is 5.91 Å². The quantitative estimate of drug-likeness (QED) is 0.838. The highest BCUT2D eigenvalue weighted by Gasteiger charge is 2.20. The van der Waals surface area contributed by atoms with Gasteiger partial charge in [-0.25, -0.2) is 0 Å². The van der Waals surface area contributed by atoms with E-state index in [1.807, 2.05) is 12.1 Å². The summed E-state index contributed by atoms with van der Waals surface area (Å²) < 4.78 is 15.7. The predicted octanol–water partition coefficient (Wildman–Crippen LogP) is 0.730. The van der Waals surface area contributed by atoms with Crippen LogP contribution in [0.5, 0.6) is 11.5 Å². The van der Waals surface area contributed by atoms with Crippen LogP contribution in [0.4, 0.5) is 0 Å². The zero-order chi connectivity index (χ0) is 14.4. The first-order valence-electron chi connectivity index (χ1n) is 6.54. The molecule has 0 aliphatic carbocycles. The maximum absolute atomic E-state index is 12.0. The molecule has 118 valence electrons. The summed E-state index contributed by atoms with van der Waals surface area (Å²) in [6, 6.07) is 5.23. The smallest absolute Gasteiger partial charge is 0.239 e. The summed E-state index contributed by atoms with van der Waals surface area (Å²) in [6.07, 6.45) is 0. The second-order valence-electron chi connectivity index (χ2n) is 4.48. The van der Waals surface area contributed by atoms with Crippen molar-refractivity contribution in [2.24, 2.45) is 0 Å². The first-order valence-corrected chi connectivity index (χ1v) is 6.54. The molecule has 6 nitrogen and oxygen atoms in total. The standard InChI is InChI=1S/C14H20N2O4.ClH/c1-18-11-4-3-10(13(7-11)19-2)8-16-14(17)12-9-20-6-5-15-12;/h3-4,7,12,15H,5-6,8-9H2,1-2H3,(H,16,17);1H. The fourth-order valence-corrected chi connectivity index (χ4v) is 2.04. The Balaban J connectivity index is 0.00000220. The molecule has 0 aromatic heterocycles. The Kier molecular flexibility index (Phi) is 7.28. The van der Waals surface area contributed by atoms with Gasteiger partial charge in [-0.2, -0.15) is 0 Å². The van der Waals surface area contributed by atoms with Gasteiger partial charge in [-0.3, -0.25) is 4.79 Å². The SMILES string of the molecule is COc1ccc(CNC(=O)C2COCCN2)c(OC)c1.Cl. The van der Waals surface area contributed by atoms with Crippen LogP contribution in [-0.4, -0.2) is 45.9 Å². The molecule has 0 saturated carbocycles. The van der Waals surface area contributed by atoms with Gasteiger partial charge in [0.05, 0.1) is 27.4 Å². The molecular formula is C14H21ClN2O4. The van der Waals surface area contributed by atoms with Crippen molar-refractivity contribution in [1.29, 1.82) is 0 Å². The number of ether oxygens (including phenoxy) is 3. The Morgan fingerprint density at radius 1 is 1.43 bits per heavy atom. The highest BCUT2D eigenvalue weighted by Crippen LogP contribution is 2.24. The molecule has 1 aliphatic heterocycles.